The minimum Gasteiger partial charge on any atom is -0.490 e. The van der Waals surface area contributed by atoms with E-state index >= 15 is 0 Å². The van der Waals surface area contributed by atoms with Gasteiger partial charge in [0.2, 0.25) is 0 Å². The molecule has 0 aliphatic carbocycles. The molecule has 0 fully saturated rings. The van der Waals surface area contributed by atoms with Gasteiger partial charge in [0.1, 0.15) is 0 Å². The third-order valence-electron chi connectivity index (χ3n) is 2.67. The molecule has 0 aliphatic rings. The van der Waals surface area contributed by atoms with E-state index in [-0.39, 0.29) is 17.6 Å². The third-order valence-corrected chi connectivity index (χ3v) is 3.60. The standard InChI is InChI=1S/C14H16FNOS/c1-10(16)11-4-5-14(13(15)9-11)17-7-6-12-3-2-8-18-12/h2-5,8-10H,6-7,16H2,1H3/t10-/m0/s1. The zero-order valence-corrected chi connectivity index (χ0v) is 11.0. The highest BCUT2D eigenvalue weighted by molar-refractivity contribution is 7.09. The number of benzene rings is 1. The van der Waals surface area contributed by atoms with Crippen LogP contribution in [0.5, 0.6) is 5.75 Å². The van der Waals surface area contributed by atoms with Crippen molar-refractivity contribution < 1.29 is 9.13 Å². The van der Waals surface area contributed by atoms with E-state index in [9.17, 15) is 4.39 Å². The normalized spacial score (nSPS) is 12.4. The van der Waals surface area contributed by atoms with Gasteiger partial charge in [-0.25, -0.2) is 4.39 Å². The SMILES string of the molecule is C[C@H](N)c1ccc(OCCc2cccs2)c(F)c1. The quantitative estimate of drug-likeness (QED) is 0.897. The van der Waals surface area contributed by atoms with Crippen molar-refractivity contribution >= 4 is 11.3 Å². The zero-order valence-electron chi connectivity index (χ0n) is 10.2. The Morgan fingerprint density at radius 3 is 2.83 bits per heavy atom. The summed E-state index contributed by atoms with van der Waals surface area (Å²) >= 11 is 1.68. The molecule has 18 heavy (non-hydrogen) atoms. The van der Waals surface area contributed by atoms with E-state index in [1.165, 1.54) is 10.9 Å². The molecule has 2 nitrogen and oxygen atoms in total. The highest BCUT2D eigenvalue weighted by Crippen LogP contribution is 2.21. The first kappa shape index (κ1) is 13.1. The molecular formula is C14H16FNOS. The predicted molar refractivity (Wildman–Crippen MR) is 72.5 cm³/mol. The molecular weight excluding hydrogens is 249 g/mol. The van der Waals surface area contributed by atoms with Crippen molar-refractivity contribution in [2.24, 2.45) is 5.73 Å². The van der Waals surface area contributed by atoms with Gasteiger partial charge in [0, 0.05) is 17.3 Å². The van der Waals surface area contributed by atoms with Crippen LogP contribution in [0.1, 0.15) is 23.4 Å². The largest absolute Gasteiger partial charge is 0.490 e. The minimum absolute atomic E-state index is 0.167. The monoisotopic (exact) mass is 265 g/mol. The van der Waals surface area contributed by atoms with Gasteiger partial charge in [0.25, 0.3) is 0 Å². The van der Waals surface area contributed by atoms with Crippen LogP contribution in [-0.4, -0.2) is 6.61 Å². The Labute approximate surface area is 110 Å². The summed E-state index contributed by atoms with van der Waals surface area (Å²) in [6.45, 7) is 2.31. The average Bonchev–Trinajstić information content (AvgIpc) is 2.84. The van der Waals surface area contributed by atoms with Gasteiger partial charge in [-0.1, -0.05) is 12.1 Å². The molecule has 96 valence electrons. The summed E-state index contributed by atoms with van der Waals surface area (Å²) in [7, 11) is 0. The second-order valence-corrected chi connectivity index (χ2v) is 5.19. The van der Waals surface area contributed by atoms with E-state index in [0.717, 1.165) is 12.0 Å². The molecule has 4 heteroatoms. The van der Waals surface area contributed by atoms with E-state index < -0.39 is 0 Å². The van der Waals surface area contributed by atoms with Gasteiger partial charge in [-0.15, -0.1) is 11.3 Å². The van der Waals surface area contributed by atoms with E-state index in [1.807, 2.05) is 24.4 Å². The number of hydrogen-bond acceptors (Lipinski definition) is 3. The zero-order chi connectivity index (χ0) is 13.0. The molecule has 0 spiro atoms. The van der Waals surface area contributed by atoms with Crippen LogP contribution in [0.3, 0.4) is 0 Å². The van der Waals surface area contributed by atoms with Gasteiger partial charge in [-0.3, -0.25) is 0 Å². The van der Waals surface area contributed by atoms with Crippen LogP contribution in [0.15, 0.2) is 35.7 Å². The summed E-state index contributed by atoms with van der Waals surface area (Å²) < 4.78 is 19.1. The van der Waals surface area contributed by atoms with Crippen LogP contribution in [0.4, 0.5) is 4.39 Å². The summed E-state index contributed by atoms with van der Waals surface area (Å²) in [5, 5.41) is 2.02. The highest BCUT2D eigenvalue weighted by Gasteiger charge is 2.07. The summed E-state index contributed by atoms with van der Waals surface area (Å²) in [5.41, 5.74) is 6.47. The summed E-state index contributed by atoms with van der Waals surface area (Å²) in [6, 6.07) is 8.75. The summed E-state index contributed by atoms with van der Waals surface area (Å²) in [6.07, 6.45) is 0.798. The molecule has 2 rings (SSSR count). The van der Waals surface area contributed by atoms with Crippen LogP contribution >= 0.6 is 11.3 Å². The maximum Gasteiger partial charge on any atom is 0.165 e. The second-order valence-electron chi connectivity index (χ2n) is 4.16. The van der Waals surface area contributed by atoms with Gasteiger partial charge in [0.15, 0.2) is 11.6 Å². The smallest absolute Gasteiger partial charge is 0.165 e. The Morgan fingerprint density at radius 1 is 1.39 bits per heavy atom. The molecule has 1 aromatic carbocycles. The van der Waals surface area contributed by atoms with Crippen molar-refractivity contribution in [2.75, 3.05) is 6.61 Å². The Kier molecular flexibility index (Phi) is 4.33. The van der Waals surface area contributed by atoms with Gasteiger partial charge in [0.05, 0.1) is 6.61 Å². The number of hydrogen-bond donors (Lipinski definition) is 1. The first-order chi connectivity index (χ1) is 8.66. The second kappa shape index (κ2) is 5.98. The minimum atomic E-state index is -0.351. The Bertz CT molecular complexity index is 497. The molecule has 0 bridgehead atoms. The van der Waals surface area contributed by atoms with Crippen molar-refractivity contribution in [2.45, 2.75) is 19.4 Å². The number of nitrogens with two attached hydrogens (primary N) is 1. The Hall–Kier alpha value is -1.39. The van der Waals surface area contributed by atoms with Gasteiger partial charge >= 0.3 is 0 Å². The maximum atomic E-state index is 13.7. The van der Waals surface area contributed by atoms with Crippen molar-refractivity contribution in [3.8, 4) is 5.75 Å². The summed E-state index contributed by atoms with van der Waals surface area (Å²) in [4.78, 5) is 1.24. The lowest BCUT2D eigenvalue weighted by atomic mass is 10.1. The van der Waals surface area contributed by atoms with Crippen LogP contribution in [0.25, 0.3) is 0 Å². The van der Waals surface area contributed by atoms with Crippen molar-refractivity contribution in [3.05, 3.63) is 52.0 Å². The Morgan fingerprint density at radius 2 is 2.22 bits per heavy atom. The lowest BCUT2D eigenvalue weighted by Gasteiger charge is -2.10. The molecule has 0 saturated heterocycles. The first-order valence-corrected chi connectivity index (χ1v) is 6.75. The molecule has 1 atom stereocenters. The topological polar surface area (TPSA) is 35.2 Å². The number of thiophene rings is 1. The van der Waals surface area contributed by atoms with Crippen LogP contribution in [-0.2, 0) is 6.42 Å². The number of rotatable bonds is 5. The predicted octanol–water partition coefficient (Wildman–Crippen LogP) is 3.53. The first-order valence-electron chi connectivity index (χ1n) is 5.87. The van der Waals surface area contributed by atoms with Crippen LogP contribution in [0, 0.1) is 5.82 Å². The van der Waals surface area contributed by atoms with Gasteiger partial charge in [-0.05, 0) is 36.1 Å². The van der Waals surface area contributed by atoms with Crippen molar-refractivity contribution in [1.82, 2.24) is 0 Å². The van der Waals surface area contributed by atoms with Gasteiger partial charge in [-0.2, -0.15) is 0 Å². The molecule has 2 N–H and O–H groups in total. The molecule has 0 radical (unpaired) electrons. The van der Waals surface area contributed by atoms with Crippen molar-refractivity contribution in [3.63, 3.8) is 0 Å². The Balaban J connectivity index is 1.93. The van der Waals surface area contributed by atoms with Crippen molar-refractivity contribution in [1.29, 1.82) is 0 Å². The van der Waals surface area contributed by atoms with E-state index in [2.05, 4.69) is 0 Å². The van der Waals surface area contributed by atoms with E-state index in [0.29, 0.717) is 6.61 Å². The average molecular weight is 265 g/mol. The molecule has 0 aliphatic heterocycles. The molecule has 0 saturated carbocycles. The molecule has 1 aromatic heterocycles. The third kappa shape index (κ3) is 3.31. The molecule has 0 amide bonds. The van der Waals surface area contributed by atoms with E-state index in [4.69, 9.17) is 10.5 Å². The summed E-state index contributed by atoms with van der Waals surface area (Å²) in [5.74, 6) is -0.0630. The maximum absolute atomic E-state index is 13.7. The van der Waals surface area contributed by atoms with Crippen LogP contribution in [0.2, 0.25) is 0 Å². The number of ether oxygens (including phenoxy) is 1. The fourth-order valence-electron chi connectivity index (χ4n) is 1.63. The number of halogens is 1. The van der Waals surface area contributed by atoms with Crippen LogP contribution < -0.4 is 10.5 Å². The fourth-order valence-corrected chi connectivity index (χ4v) is 2.32. The van der Waals surface area contributed by atoms with E-state index in [1.54, 1.807) is 23.5 Å². The highest BCUT2D eigenvalue weighted by atomic mass is 32.1. The fraction of sp³-hybridized carbons (Fsp3) is 0.286. The molecule has 2 aromatic rings. The lowest BCUT2D eigenvalue weighted by Crippen LogP contribution is -2.06. The lowest BCUT2D eigenvalue weighted by molar-refractivity contribution is 0.306. The molecule has 0 unspecified atom stereocenters. The van der Waals surface area contributed by atoms with Gasteiger partial charge < -0.3 is 10.5 Å². The molecule has 1 heterocycles.